The molecular formula is C18H25N3O9S. The molecule has 3 atom stereocenters. The molecule has 8 N–H and O–H groups in total. The molecule has 2 amide bonds. The number of hydrogen-bond acceptors (Lipinski definition) is 9. The van der Waals surface area contributed by atoms with Crippen LogP contribution in [0.3, 0.4) is 0 Å². The van der Waals surface area contributed by atoms with Crippen molar-refractivity contribution in [3.8, 4) is 11.5 Å². The second kappa shape index (κ2) is 10.8. The van der Waals surface area contributed by atoms with Gasteiger partial charge in [0.1, 0.15) is 24.1 Å². The van der Waals surface area contributed by atoms with E-state index in [1.165, 1.54) is 25.1 Å². The Kier molecular flexibility index (Phi) is 9.09. The molecule has 31 heavy (non-hydrogen) atoms. The molecule has 0 bridgehead atoms. The highest BCUT2D eigenvalue weighted by Crippen LogP contribution is 2.33. The average molecular weight is 459 g/mol. The fraction of sp³-hybridized carbons (Fsp3) is 0.444. The number of phenolic OH excluding ortho intramolecular Hbond substituents is 2. The Morgan fingerprint density at radius 2 is 1.84 bits per heavy atom. The van der Waals surface area contributed by atoms with E-state index in [9.17, 15) is 34.5 Å². The number of hydrogen-bond donors (Lipinski definition) is 8. The van der Waals surface area contributed by atoms with Crippen molar-refractivity contribution in [2.45, 2.75) is 37.6 Å². The van der Waals surface area contributed by atoms with Gasteiger partial charge in [0.15, 0.2) is 0 Å². The van der Waals surface area contributed by atoms with E-state index in [0.29, 0.717) is 0 Å². The first-order chi connectivity index (χ1) is 14.3. The van der Waals surface area contributed by atoms with Gasteiger partial charge >= 0.3 is 11.9 Å². The van der Waals surface area contributed by atoms with Crippen LogP contribution in [-0.4, -0.2) is 78.2 Å². The number of carbonyl (C=O) groups is 4. The molecule has 0 aliphatic heterocycles. The standard InChI is InChI=1S/C18H25N3O9S/c1-9(11-6-10(22)2-3-13(11)23)21(12(8-31)16(27)20-7-15(25)26)14(24)4-5-18(19,30)17(28)29/h2-3,6,9,12,22-23,30-31H,4-5,7-8,19H2,1H3,(H,20,27)(H,25,26)(H,28,29). The van der Waals surface area contributed by atoms with Crippen LogP contribution in [0.1, 0.15) is 31.4 Å². The van der Waals surface area contributed by atoms with Crippen LogP contribution in [0.15, 0.2) is 18.2 Å². The van der Waals surface area contributed by atoms with E-state index in [4.69, 9.17) is 15.9 Å². The normalized spacial score (nSPS) is 14.7. The monoisotopic (exact) mass is 459 g/mol. The summed E-state index contributed by atoms with van der Waals surface area (Å²) < 4.78 is 0. The molecule has 0 aromatic heterocycles. The summed E-state index contributed by atoms with van der Waals surface area (Å²) in [5, 5.41) is 49.4. The molecule has 0 radical (unpaired) electrons. The zero-order chi connectivity index (χ0) is 23.9. The summed E-state index contributed by atoms with van der Waals surface area (Å²) in [7, 11) is 0. The number of nitrogens with zero attached hydrogens (tertiary/aromatic N) is 1. The smallest absolute Gasteiger partial charge is 0.351 e. The number of thiol groups is 1. The molecule has 0 heterocycles. The van der Waals surface area contributed by atoms with Crippen molar-refractivity contribution in [2.75, 3.05) is 12.3 Å². The van der Waals surface area contributed by atoms with E-state index in [2.05, 4.69) is 17.9 Å². The maximum atomic E-state index is 13.0. The zero-order valence-corrected chi connectivity index (χ0v) is 17.5. The Morgan fingerprint density at radius 1 is 1.23 bits per heavy atom. The van der Waals surface area contributed by atoms with E-state index in [1.54, 1.807) is 0 Å². The number of aromatic hydroxyl groups is 2. The van der Waals surface area contributed by atoms with Gasteiger partial charge in [0.05, 0.1) is 6.04 Å². The van der Waals surface area contributed by atoms with E-state index >= 15 is 0 Å². The summed E-state index contributed by atoms with van der Waals surface area (Å²) in [6, 6.07) is 1.18. The van der Waals surface area contributed by atoms with Gasteiger partial charge in [-0.3, -0.25) is 20.1 Å². The lowest BCUT2D eigenvalue weighted by atomic mass is 10.0. The third-order valence-corrected chi connectivity index (χ3v) is 4.83. The lowest BCUT2D eigenvalue weighted by molar-refractivity contribution is -0.159. The predicted molar refractivity (Wildman–Crippen MR) is 109 cm³/mol. The van der Waals surface area contributed by atoms with Crippen LogP contribution in [0, 0.1) is 0 Å². The van der Waals surface area contributed by atoms with Crippen LogP contribution in [0.25, 0.3) is 0 Å². The van der Waals surface area contributed by atoms with E-state index < -0.39 is 60.9 Å². The van der Waals surface area contributed by atoms with E-state index in [0.717, 1.165) is 4.90 Å². The van der Waals surface area contributed by atoms with Gasteiger partial charge in [0, 0.05) is 24.2 Å². The summed E-state index contributed by atoms with van der Waals surface area (Å²) >= 11 is 4.06. The quantitative estimate of drug-likeness (QED) is 0.115. The molecule has 1 aromatic carbocycles. The summed E-state index contributed by atoms with van der Waals surface area (Å²) in [5.41, 5.74) is 2.61. The Bertz CT molecular complexity index is 847. The first-order valence-electron chi connectivity index (χ1n) is 8.99. The fourth-order valence-electron chi connectivity index (χ4n) is 2.80. The number of amides is 2. The molecule has 1 rings (SSSR count). The topological polar surface area (TPSA) is 211 Å². The number of phenols is 2. The lowest BCUT2D eigenvalue weighted by Crippen LogP contribution is -2.53. The van der Waals surface area contributed by atoms with Crippen LogP contribution in [0.4, 0.5) is 0 Å². The minimum absolute atomic E-state index is 0.0624. The number of carboxylic acids is 2. The number of nitrogens with two attached hydrogens (primary N) is 1. The van der Waals surface area contributed by atoms with Gasteiger partial charge in [0.2, 0.25) is 17.5 Å². The van der Waals surface area contributed by atoms with Crippen molar-refractivity contribution in [1.29, 1.82) is 0 Å². The van der Waals surface area contributed by atoms with Crippen molar-refractivity contribution < 1.29 is 44.7 Å². The molecule has 0 spiro atoms. The van der Waals surface area contributed by atoms with Gasteiger partial charge in [-0.15, -0.1) is 0 Å². The van der Waals surface area contributed by atoms with Gasteiger partial charge < -0.3 is 35.7 Å². The van der Waals surface area contributed by atoms with Crippen LogP contribution in [0.5, 0.6) is 11.5 Å². The van der Waals surface area contributed by atoms with Gasteiger partial charge in [-0.05, 0) is 25.1 Å². The van der Waals surface area contributed by atoms with Gasteiger partial charge in [-0.1, -0.05) is 0 Å². The number of benzene rings is 1. The number of aliphatic carboxylic acids is 2. The number of aliphatic hydroxyl groups is 1. The summed E-state index contributed by atoms with van der Waals surface area (Å²) in [4.78, 5) is 48.2. The highest BCUT2D eigenvalue weighted by Gasteiger charge is 2.37. The molecule has 172 valence electrons. The molecule has 12 nitrogen and oxygen atoms in total. The minimum Gasteiger partial charge on any atom is -0.508 e. The predicted octanol–water partition coefficient (Wildman–Crippen LogP) is -1.00. The Labute approximate surface area is 182 Å². The van der Waals surface area contributed by atoms with Crippen LogP contribution < -0.4 is 11.1 Å². The first kappa shape index (κ1) is 26.0. The first-order valence-corrected chi connectivity index (χ1v) is 9.63. The van der Waals surface area contributed by atoms with Gasteiger partial charge in [-0.25, -0.2) is 4.79 Å². The van der Waals surface area contributed by atoms with Crippen molar-refractivity contribution in [2.24, 2.45) is 5.73 Å². The minimum atomic E-state index is -2.69. The largest absolute Gasteiger partial charge is 0.508 e. The lowest BCUT2D eigenvalue weighted by Gasteiger charge is -2.36. The van der Waals surface area contributed by atoms with Crippen LogP contribution in [-0.2, 0) is 19.2 Å². The van der Waals surface area contributed by atoms with E-state index in [1.807, 2.05) is 0 Å². The molecule has 13 heteroatoms. The Morgan fingerprint density at radius 3 is 2.35 bits per heavy atom. The van der Waals surface area contributed by atoms with Gasteiger partial charge in [0.25, 0.3) is 0 Å². The summed E-state index contributed by atoms with van der Waals surface area (Å²) in [6.45, 7) is 0.706. The number of carboxylic acid groups (broad SMARTS) is 2. The number of carbonyl (C=O) groups excluding carboxylic acids is 2. The highest BCUT2D eigenvalue weighted by molar-refractivity contribution is 7.80. The second-order valence-corrected chi connectivity index (χ2v) is 7.12. The molecule has 0 fully saturated rings. The third-order valence-electron chi connectivity index (χ3n) is 4.48. The summed E-state index contributed by atoms with van der Waals surface area (Å²) in [5.74, 6) is -5.55. The van der Waals surface area contributed by atoms with Crippen molar-refractivity contribution in [3.05, 3.63) is 23.8 Å². The number of nitrogens with one attached hydrogen (secondary N) is 1. The maximum Gasteiger partial charge on any atom is 0.351 e. The SMILES string of the molecule is CC(c1cc(O)ccc1O)N(C(=O)CCC(N)(O)C(=O)O)C(CS)C(=O)NCC(=O)O. The van der Waals surface area contributed by atoms with Crippen molar-refractivity contribution in [3.63, 3.8) is 0 Å². The number of rotatable bonds is 11. The Hall–Kier alpha value is -3.03. The molecule has 1 aromatic rings. The molecular weight excluding hydrogens is 434 g/mol. The van der Waals surface area contributed by atoms with Crippen LogP contribution >= 0.6 is 12.6 Å². The Balaban J connectivity index is 3.31. The second-order valence-electron chi connectivity index (χ2n) is 6.76. The van der Waals surface area contributed by atoms with Gasteiger partial charge in [-0.2, -0.15) is 12.6 Å². The molecule has 0 saturated heterocycles. The van der Waals surface area contributed by atoms with Crippen molar-refractivity contribution >= 4 is 36.4 Å². The average Bonchev–Trinajstić information content (AvgIpc) is 2.69. The zero-order valence-electron chi connectivity index (χ0n) is 16.6. The third kappa shape index (κ3) is 7.01. The molecule has 0 saturated carbocycles. The molecule has 0 aliphatic rings. The summed E-state index contributed by atoms with van der Waals surface area (Å²) in [6.07, 6.45) is -1.29. The molecule has 0 aliphatic carbocycles. The van der Waals surface area contributed by atoms with Crippen molar-refractivity contribution in [1.82, 2.24) is 10.2 Å². The maximum absolute atomic E-state index is 13.0. The molecule has 3 unspecified atom stereocenters. The highest BCUT2D eigenvalue weighted by atomic mass is 32.1. The van der Waals surface area contributed by atoms with Crippen LogP contribution in [0.2, 0.25) is 0 Å². The fourth-order valence-corrected chi connectivity index (χ4v) is 3.14. The van der Waals surface area contributed by atoms with E-state index in [-0.39, 0.29) is 22.8 Å².